The van der Waals surface area contributed by atoms with E-state index in [0.717, 1.165) is 43.0 Å². The molecule has 7 heteroatoms. The number of likely N-dealkylation sites (N-methyl/N-ethyl adjacent to an activating group) is 1. The van der Waals surface area contributed by atoms with E-state index in [1.54, 1.807) is 12.4 Å². The Hall–Kier alpha value is -2.38. The summed E-state index contributed by atoms with van der Waals surface area (Å²) in [6.07, 6.45) is 3.36. The van der Waals surface area contributed by atoms with Gasteiger partial charge in [0.1, 0.15) is 0 Å². The van der Waals surface area contributed by atoms with Crippen LogP contribution in [0.15, 0.2) is 53.9 Å². The fraction of sp³-hybridized carbons (Fsp3) is 0.294. The third-order valence-electron chi connectivity index (χ3n) is 3.96. The van der Waals surface area contributed by atoms with Gasteiger partial charge in [0, 0.05) is 37.3 Å². The summed E-state index contributed by atoms with van der Waals surface area (Å²) in [4.78, 5) is 4.44. The molecular weight excluding hydrogens is 320 g/mol. The van der Waals surface area contributed by atoms with E-state index in [-0.39, 0.29) is 0 Å². The van der Waals surface area contributed by atoms with Gasteiger partial charge in [-0.3, -0.25) is 5.43 Å². The highest BCUT2D eigenvalue weighted by atomic mass is 32.1. The Bertz CT molecular complexity index is 654. The molecule has 1 saturated heterocycles. The van der Waals surface area contributed by atoms with Gasteiger partial charge in [-0.1, -0.05) is 30.3 Å². The molecule has 0 radical (unpaired) electrons. The van der Waals surface area contributed by atoms with Gasteiger partial charge in [-0.05, 0) is 25.3 Å². The van der Waals surface area contributed by atoms with E-state index in [9.17, 15) is 0 Å². The number of nitrogens with one attached hydrogen (secondary N) is 1. The summed E-state index contributed by atoms with van der Waals surface area (Å²) in [6.45, 7) is 3.83. The van der Waals surface area contributed by atoms with E-state index in [1.165, 1.54) is 0 Å². The Kier molecular flexibility index (Phi) is 5.45. The number of nitrogens with zero attached hydrogens (tertiary/aromatic N) is 5. The predicted molar refractivity (Wildman–Crippen MR) is 98.9 cm³/mol. The Morgan fingerprint density at radius 1 is 1.04 bits per heavy atom. The van der Waals surface area contributed by atoms with Crippen LogP contribution in [-0.2, 0) is 0 Å². The fourth-order valence-electron chi connectivity index (χ4n) is 2.51. The van der Waals surface area contributed by atoms with Gasteiger partial charge in [0.2, 0.25) is 0 Å². The highest BCUT2D eigenvalue weighted by Crippen LogP contribution is 2.09. The van der Waals surface area contributed by atoms with Crippen molar-refractivity contribution in [2.75, 3.05) is 33.2 Å². The van der Waals surface area contributed by atoms with Crippen LogP contribution in [0.1, 0.15) is 11.1 Å². The minimum atomic E-state index is 0.651. The Balaban J connectivity index is 1.78. The summed E-state index contributed by atoms with van der Waals surface area (Å²) in [5, 5.41) is 13.0. The average molecular weight is 340 g/mol. The summed E-state index contributed by atoms with van der Waals surface area (Å²) >= 11 is 5.49. The van der Waals surface area contributed by atoms with Crippen LogP contribution in [0.2, 0.25) is 0 Å². The van der Waals surface area contributed by atoms with Crippen LogP contribution >= 0.6 is 12.2 Å². The van der Waals surface area contributed by atoms with Gasteiger partial charge in [0.05, 0.1) is 18.1 Å². The first-order chi connectivity index (χ1) is 11.7. The lowest BCUT2D eigenvalue weighted by atomic mass is 10.1. The SMILES string of the molecule is CN1CCN(C(=S)NN=C(c2ccccc2)c2ccnnc2)CC1. The standard InChI is InChI=1S/C17H20N6S/c1-22-9-11-23(12-10-22)17(24)21-20-16(14-5-3-2-4-6-14)15-7-8-18-19-13-15/h2-8,13H,9-12H2,1H3,(H,21,24). The van der Waals surface area contributed by atoms with Crippen molar-refractivity contribution in [3.8, 4) is 0 Å². The molecule has 0 amide bonds. The van der Waals surface area contributed by atoms with Gasteiger partial charge < -0.3 is 9.80 Å². The molecule has 0 atom stereocenters. The van der Waals surface area contributed by atoms with Crippen molar-refractivity contribution in [3.05, 3.63) is 59.9 Å². The highest BCUT2D eigenvalue weighted by molar-refractivity contribution is 7.80. The molecule has 0 aliphatic carbocycles. The summed E-state index contributed by atoms with van der Waals surface area (Å²) in [5.41, 5.74) is 5.73. The van der Waals surface area contributed by atoms with Crippen LogP contribution in [0, 0.1) is 0 Å². The first-order valence-electron chi connectivity index (χ1n) is 7.87. The Labute approximate surface area is 147 Å². The van der Waals surface area contributed by atoms with Crippen molar-refractivity contribution in [1.82, 2.24) is 25.4 Å². The summed E-state index contributed by atoms with van der Waals surface area (Å²) < 4.78 is 0. The number of hydrogen-bond donors (Lipinski definition) is 1. The molecule has 3 rings (SSSR count). The number of thiocarbonyl (C=S) groups is 1. The highest BCUT2D eigenvalue weighted by Gasteiger charge is 2.16. The number of piperazine rings is 1. The van der Waals surface area contributed by atoms with Crippen molar-refractivity contribution >= 4 is 23.0 Å². The molecule has 0 spiro atoms. The van der Waals surface area contributed by atoms with Crippen LogP contribution in [0.4, 0.5) is 0 Å². The molecule has 2 aromatic rings. The first-order valence-corrected chi connectivity index (χ1v) is 8.28. The summed E-state index contributed by atoms with van der Waals surface area (Å²) in [5.74, 6) is 0. The molecule has 0 bridgehead atoms. The molecule has 24 heavy (non-hydrogen) atoms. The number of rotatable bonds is 3. The molecule has 1 N–H and O–H groups in total. The zero-order chi connectivity index (χ0) is 16.8. The number of benzene rings is 1. The molecule has 0 unspecified atom stereocenters. The molecule has 1 aromatic carbocycles. The van der Waals surface area contributed by atoms with Crippen molar-refractivity contribution in [2.45, 2.75) is 0 Å². The van der Waals surface area contributed by atoms with Crippen molar-refractivity contribution in [3.63, 3.8) is 0 Å². The molecule has 1 aliphatic rings. The summed E-state index contributed by atoms with van der Waals surface area (Å²) in [7, 11) is 2.12. The van der Waals surface area contributed by atoms with Crippen LogP contribution in [0.25, 0.3) is 0 Å². The second kappa shape index (κ2) is 7.94. The van der Waals surface area contributed by atoms with E-state index in [0.29, 0.717) is 5.11 Å². The lowest BCUT2D eigenvalue weighted by Gasteiger charge is -2.33. The summed E-state index contributed by atoms with van der Waals surface area (Å²) in [6, 6.07) is 11.9. The van der Waals surface area contributed by atoms with Crippen molar-refractivity contribution in [1.29, 1.82) is 0 Å². The van der Waals surface area contributed by atoms with Gasteiger partial charge in [0.25, 0.3) is 0 Å². The maximum Gasteiger partial charge on any atom is 0.189 e. The molecular formula is C17H20N6S. The van der Waals surface area contributed by atoms with Crippen LogP contribution in [0.5, 0.6) is 0 Å². The second-order valence-electron chi connectivity index (χ2n) is 5.66. The molecule has 124 valence electrons. The topological polar surface area (TPSA) is 56.6 Å². The van der Waals surface area contributed by atoms with Gasteiger partial charge in [-0.15, -0.1) is 0 Å². The Morgan fingerprint density at radius 3 is 2.46 bits per heavy atom. The molecule has 6 nitrogen and oxygen atoms in total. The van der Waals surface area contributed by atoms with Gasteiger partial charge in [-0.2, -0.15) is 15.3 Å². The lowest BCUT2D eigenvalue weighted by Crippen LogP contribution is -2.49. The third kappa shape index (κ3) is 4.12. The largest absolute Gasteiger partial charge is 0.345 e. The van der Waals surface area contributed by atoms with E-state index in [1.807, 2.05) is 36.4 Å². The molecule has 1 fully saturated rings. The number of hydrazone groups is 1. The van der Waals surface area contributed by atoms with Crippen molar-refractivity contribution < 1.29 is 0 Å². The normalized spacial score (nSPS) is 16.0. The van der Waals surface area contributed by atoms with E-state index in [4.69, 9.17) is 12.2 Å². The lowest BCUT2D eigenvalue weighted by molar-refractivity contribution is 0.214. The third-order valence-corrected chi connectivity index (χ3v) is 4.31. The van der Waals surface area contributed by atoms with E-state index in [2.05, 4.69) is 37.6 Å². The minimum absolute atomic E-state index is 0.651. The van der Waals surface area contributed by atoms with Gasteiger partial charge in [0.15, 0.2) is 5.11 Å². The molecule has 2 heterocycles. The zero-order valence-corrected chi connectivity index (χ0v) is 14.4. The second-order valence-corrected chi connectivity index (χ2v) is 6.05. The maximum atomic E-state index is 5.49. The average Bonchev–Trinajstić information content (AvgIpc) is 2.64. The smallest absolute Gasteiger partial charge is 0.189 e. The first kappa shape index (κ1) is 16.5. The zero-order valence-electron chi connectivity index (χ0n) is 13.6. The monoisotopic (exact) mass is 340 g/mol. The van der Waals surface area contributed by atoms with Crippen LogP contribution in [-0.4, -0.2) is 64.0 Å². The number of hydrogen-bond acceptors (Lipinski definition) is 5. The van der Waals surface area contributed by atoms with Gasteiger partial charge >= 0.3 is 0 Å². The quantitative estimate of drug-likeness (QED) is 0.517. The van der Waals surface area contributed by atoms with Crippen LogP contribution in [0.3, 0.4) is 0 Å². The van der Waals surface area contributed by atoms with E-state index < -0.39 is 0 Å². The van der Waals surface area contributed by atoms with Gasteiger partial charge in [-0.25, -0.2) is 0 Å². The fourth-order valence-corrected chi connectivity index (χ4v) is 2.73. The number of aromatic nitrogens is 2. The van der Waals surface area contributed by atoms with Crippen molar-refractivity contribution in [2.24, 2.45) is 5.10 Å². The molecule has 1 aromatic heterocycles. The molecule has 1 aliphatic heterocycles. The van der Waals surface area contributed by atoms with E-state index >= 15 is 0 Å². The van der Waals surface area contributed by atoms with Crippen LogP contribution < -0.4 is 5.43 Å². The molecule has 0 saturated carbocycles. The Morgan fingerprint density at radius 2 is 1.79 bits per heavy atom. The maximum absolute atomic E-state index is 5.49. The predicted octanol–water partition coefficient (Wildman–Crippen LogP) is 1.35. The minimum Gasteiger partial charge on any atom is -0.345 e.